The van der Waals surface area contributed by atoms with Crippen LogP contribution in [-0.4, -0.2) is 33.6 Å². The maximum atomic E-state index is 13.2. The number of unbranched alkanes of at least 4 members (excludes halogenated alkanes) is 1. The Hall–Kier alpha value is -2.90. The van der Waals surface area contributed by atoms with E-state index in [1.165, 1.54) is 0 Å². The molecular formula is C28H29BrClN5O. The minimum absolute atomic E-state index is 0.167. The number of hydrogen-bond acceptors (Lipinski definition) is 4. The number of nitrogens with zero attached hydrogens (tertiary/aromatic N) is 3. The standard InChI is InChI=1S/C28H29BrClN5O/c29-22-19-33-35-25(18-24(34-26(22)35)21-12-4-5-13-23(21)30)31-16-8-9-17-32-27(36)28(14-6-7-15-28)20-10-2-1-3-11-20/h1-5,10-13,18-19,31H,6-9,14-17H2,(H,32,36). The van der Waals surface area contributed by atoms with E-state index in [1.807, 2.05) is 48.5 Å². The van der Waals surface area contributed by atoms with Gasteiger partial charge in [-0.15, -0.1) is 0 Å². The smallest absolute Gasteiger partial charge is 0.230 e. The molecular weight excluding hydrogens is 538 g/mol. The fourth-order valence-electron chi connectivity index (χ4n) is 5.09. The van der Waals surface area contributed by atoms with E-state index >= 15 is 0 Å². The Labute approximate surface area is 224 Å². The first-order valence-electron chi connectivity index (χ1n) is 12.5. The van der Waals surface area contributed by atoms with Gasteiger partial charge in [0.15, 0.2) is 5.65 Å². The summed E-state index contributed by atoms with van der Waals surface area (Å²) in [6.45, 7) is 1.41. The number of anilines is 1. The van der Waals surface area contributed by atoms with Gasteiger partial charge in [0.2, 0.25) is 5.91 Å². The van der Waals surface area contributed by atoms with Gasteiger partial charge in [0.25, 0.3) is 0 Å². The van der Waals surface area contributed by atoms with Crippen molar-refractivity contribution in [3.63, 3.8) is 0 Å². The second-order valence-electron chi connectivity index (χ2n) is 9.28. The third-order valence-corrected chi connectivity index (χ3v) is 7.88. The van der Waals surface area contributed by atoms with Crippen LogP contribution in [0.15, 0.2) is 71.3 Å². The Morgan fingerprint density at radius 3 is 2.53 bits per heavy atom. The van der Waals surface area contributed by atoms with E-state index in [-0.39, 0.29) is 11.3 Å². The van der Waals surface area contributed by atoms with Crippen molar-refractivity contribution in [2.75, 3.05) is 18.4 Å². The molecule has 1 saturated carbocycles. The van der Waals surface area contributed by atoms with Gasteiger partial charge in [-0.1, -0.05) is 73.0 Å². The maximum Gasteiger partial charge on any atom is 0.230 e. The predicted molar refractivity (Wildman–Crippen MR) is 148 cm³/mol. The van der Waals surface area contributed by atoms with Crippen LogP contribution in [0.2, 0.25) is 5.02 Å². The Kier molecular flexibility index (Phi) is 7.58. The largest absolute Gasteiger partial charge is 0.370 e. The van der Waals surface area contributed by atoms with Crippen molar-refractivity contribution in [2.24, 2.45) is 0 Å². The van der Waals surface area contributed by atoms with Gasteiger partial charge in [-0.25, -0.2) is 4.98 Å². The molecule has 0 saturated heterocycles. The third kappa shape index (κ3) is 5.00. The van der Waals surface area contributed by atoms with E-state index in [0.29, 0.717) is 11.6 Å². The molecule has 36 heavy (non-hydrogen) atoms. The van der Waals surface area contributed by atoms with Gasteiger partial charge in [0.1, 0.15) is 5.82 Å². The lowest BCUT2D eigenvalue weighted by Crippen LogP contribution is -2.43. The van der Waals surface area contributed by atoms with Gasteiger partial charge in [0, 0.05) is 29.7 Å². The molecule has 0 atom stereocenters. The fourth-order valence-corrected chi connectivity index (χ4v) is 5.67. The summed E-state index contributed by atoms with van der Waals surface area (Å²) in [6, 6.07) is 19.9. The summed E-state index contributed by atoms with van der Waals surface area (Å²) in [6.07, 6.45) is 7.60. The SMILES string of the molecule is O=C(NCCCCNc1cc(-c2ccccc2Cl)nc2c(Br)cnn12)C1(c2ccccc2)CCCC1. The first-order valence-corrected chi connectivity index (χ1v) is 13.6. The number of fused-ring (bicyclic) bond motifs is 1. The van der Waals surface area contributed by atoms with Crippen LogP contribution in [0.25, 0.3) is 16.9 Å². The van der Waals surface area contributed by atoms with Crippen LogP contribution in [0.3, 0.4) is 0 Å². The molecule has 0 bridgehead atoms. The Morgan fingerprint density at radius 1 is 1.03 bits per heavy atom. The molecule has 1 aliphatic carbocycles. The lowest BCUT2D eigenvalue weighted by Gasteiger charge is -2.28. The van der Waals surface area contributed by atoms with Crippen molar-refractivity contribution in [3.8, 4) is 11.3 Å². The second kappa shape index (κ2) is 11.0. The first kappa shape index (κ1) is 24.8. The highest BCUT2D eigenvalue weighted by molar-refractivity contribution is 9.10. The molecule has 2 aromatic carbocycles. The van der Waals surface area contributed by atoms with Crippen molar-refractivity contribution in [3.05, 3.63) is 81.9 Å². The van der Waals surface area contributed by atoms with Gasteiger partial charge >= 0.3 is 0 Å². The molecule has 1 fully saturated rings. The molecule has 186 valence electrons. The number of benzene rings is 2. The van der Waals surface area contributed by atoms with Crippen molar-refractivity contribution in [1.29, 1.82) is 0 Å². The average Bonchev–Trinajstić information content (AvgIpc) is 3.55. The van der Waals surface area contributed by atoms with Crippen LogP contribution in [0.5, 0.6) is 0 Å². The molecule has 6 nitrogen and oxygen atoms in total. The number of halogens is 2. The van der Waals surface area contributed by atoms with Gasteiger partial charge in [-0.3, -0.25) is 4.79 Å². The van der Waals surface area contributed by atoms with Crippen molar-refractivity contribution in [2.45, 2.75) is 43.9 Å². The molecule has 2 aromatic heterocycles. The summed E-state index contributed by atoms with van der Waals surface area (Å²) >= 11 is 9.97. The quantitative estimate of drug-likeness (QED) is 0.223. The lowest BCUT2D eigenvalue weighted by atomic mass is 9.78. The molecule has 2 heterocycles. The highest BCUT2D eigenvalue weighted by Gasteiger charge is 2.42. The Morgan fingerprint density at radius 2 is 1.75 bits per heavy atom. The van der Waals surface area contributed by atoms with E-state index in [0.717, 1.165) is 77.8 Å². The lowest BCUT2D eigenvalue weighted by molar-refractivity contribution is -0.126. The molecule has 1 aliphatic rings. The number of carbonyl (C=O) groups excluding carboxylic acids is 1. The van der Waals surface area contributed by atoms with E-state index in [4.69, 9.17) is 16.6 Å². The summed E-state index contributed by atoms with van der Waals surface area (Å²) in [5, 5.41) is 11.8. The summed E-state index contributed by atoms with van der Waals surface area (Å²) in [5.74, 6) is 1.01. The average molecular weight is 567 g/mol. The van der Waals surface area contributed by atoms with Gasteiger partial charge in [-0.2, -0.15) is 9.61 Å². The summed E-state index contributed by atoms with van der Waals surface area (Å²) in [7, 11) is 0. The Bertz CT molecular complexity index is 1350. The third-order valence-electron chi connectivity index (χ3n) is 6.99. The molecule has 5 rings (SSSR count). The van der Waals surface area contributed by atoms with E-state index in [1.54, 1.807) is 10.7 Å². The molecule has 0 radical (unpaired) electrons. The van der Waals surface area contributed by atoms with Gasteiger partial charge < -0.3 is 10.6 Å². The maximum absolute atomic E-state index is 13.2. The van der Waals surface area contributed by atoms with Crippen LogP contribution in [0, 0.1) is 0 Å². The summed E-state index contributed by atoms with van der Waals surface area (Å²) in [5.41, 5.74) is 3.16. The molecule has 2 N–H and O–H groups in total. The highest BCUT2D eigenvalue weighted by atomic mass is 79.9. The number of nitrogens with one attached hydrogen (secondary N) is 2. The molecule has 1 amide bonds. The molecule has 0 spiro atoms. The molecule has 0 unspecified atom stereocenters. The van der Waals surface area contributed by atoms with E-state index < -0.39 is 0 Å². The predicted octanol–water partition coefficient (Wildman–Crippen LogP) is 6.63. The zero-order valence-electron chi connectivity index (χ0n) is 20.0. The van der Waals surface area contributed by atoms with Gasteiger partial charge in [-0.05, 0) is 53.2 Å². The second-order valence-corrected chi connectivity index (χ2v) is 10.5. The minimum Gasteiger partial charge on any atom is -0.370 e. The molecule has 0 aliphatic heterocycles. The molecule has 8 heteroatoms. The number of carbonyl (C=O) groups is 1. The minimum atomic E-state index is -0.370. The number of amides is 1. The van der Waals surface area contributed by atoms with Gasteiger partial charge in [0.05, 0.1) is 21.8 Å². The zero-order chi connectivity index (χ0) is 25.0. The van der Waals surface area contributed by atoms with E-state index in [9.17, 15) is 4.79 Å². The first-order chi connectivity index (χ1) is 17.6. The monoisotopic (exact) mass is 565 g/mol. The summed E-state index contributed by atoms with van der Waals surface area (Å²) in [4.78, 5) is 18.0. The molecule has 4 aromatic rings. The van der Waals surface area contributed by atoms with Crippen LogP contribution < -0.4 is 10.6 Å². The highest BCUT2D eigenvalue weighted by Crippen LogP contribution is 2.41. The zero-order valence-corrected chi connectivity index (χ0v) is 22.4. The topological polar surface area (TPSA) is 71.3 Å². The van der Waals surface area contributed by atoms with Crippen LogP contribution in [0.4, 0.5) is 5.82 Å². The van der Waals surface area contributed by atoms with Crippen LogP contribution in [0.1, 0.15) is 44.1 Å². The number of hydrogen-bond donors (Lipinski definition) is 2. The van der Waals surface area contributed by atoms with Crippen LogP contribution >= 0.6 is 27.5 Å². The number of aromatic nitrogens is 3. The van der Waals surface area contributed by atoms with Crippen LogP contribution in [-0.2, 0) is 10.2 Å². The fraction of sp³-hybridized carbons (Fsp3) is 0.321. The van der Waals surface area contributed by atoms with E-state index in [2.05, 4.69) is 43.8 Å². The van der Waals surface area contributed by atoms with Crippen molar-refractivity contribution in [1.82, 2.24) is 19.9 Å². The Balaban J connectivity index is 1.19. The number of rotatable bonds is 9. The van der Waals surface area contributed by atoms with Crippen molar-refractivity contribution < 1.29 is 4.79 Å². The summed E-state index contributed by atoms with van der Waals surface area (Å²) < 4.78 is 2.61. The van der Waals surface area contributed by atoms with Crippen molar-refractivity contribution >= 4 is 44.9 Å². The normalized spacial score (nSPS) is 14.7.